The average molecular weight is 488 g/mol. The Kier molecular flexibility index (Phi) is 7.05. The third-order valence-electron chi connectivity index (χ3n) is 4.18. The normalized spacial score (nSPS) is 12.2. The van der Waals surface area contributed by atoms with E-state index in [1.807, 2.05) is 0 Å². The second kappa shape index (κ2) is 10.3. The van der Waals surface area contributed by atoms with E-state index in [9.17, 15) is 14.4 Å². The number of hydrogen-bond acceptors (Lipinski definition) is 11. The van der Waals surface area contributed by atoms with Crippen LogP contribution >= 0.6 is 23.1 Å². The molecule has 0 fully saturated rings. The molecule has 0 aliphatic carbocycles. The van der Waals surface area contributed by atoms with Gasteiger partial charge in [0.25, 0.3) is 0 Å². The summed E-state index contributed by atoms with van der Waals surface area (Å²) in [6.45, 7) is 1.90. The van der Waals surface area contributed by atoms with Gasteiger partial charge in [-0.05, 0) is 23.8 Å². The van der Waals surface area contributed by atoms with Crippen LogP contribution in [0.15, 0.2) is 50.2 Å². The van der Waals surface area contributed by atoms with Crippen molar-refractivity contribution in [3.63, 3.8) is 0 Å². The van der Waals surface area contributed by atoms with Crippen molar-refractivity contribution in [2.24, 2.45) is 0 Å². The lowest BCUT2D eigenvalue weighted by Crippen LogP contribution is -2.12. The highest BCUT2D eigenvalue weighted by Crippen LogP contribution is 2.33. The molecule has 4 rings (SSSR count). The van der Waals surface area contributed by atoms with Crippen LogP contribution in [0.2, 0.25) is 0 Å². The number of thioether (sulfide) groups is 1. The van der Waals surface area contributed by atoms with Gasteiger partial charge in [-0.3, -0.25) is 9.59 Å². The highest BCUT2D eigenvalue weighted by molar-refractivity contribution is 8.00. The third kappa shape index (κ3) is 5.99. The van der Waals surface area contributed by atoms with E-state index in [1.165, 1.54) is 41.3 Å². The Morgan fingerprint density at radius 3 is 2.91 bits per heavy atom. The lowest BCUT2D eigenvalue weighted by Gasteiger charge is -2.02. The van der Waals surface area contributed by atoms with E-state index in [0.717, 1.165) is 6.26 Å². The molecule has 1 amide bonds. The molecule has 1 aromatic carbocycles. The average Bonchev–Trinajstić information content (AvgIpc) is 3.46. The molecule has 1 N–H and O–H groups in total. The number of anilines is 1. The molecule has 0 unspecified atom stereocenters. The number of nitrogens with zero attached hydrogens (tertiary/aromatic N) is 2. The number of amides is 1. The largest absolute Gasteiger partial charge is 0.464 e. The smallest absolute Gasteiger partial charge is 0.336 e. The number of benzene rings is 1. The molecule has 0 atom stereocenters. The molecule has 0 saturated carbocycles. The lowest BCUT2D eigenvalue weighted by atomic mass is 10.2. The predicted octanol–water partition coefficient (Wildman–Crippen LogP) is 3.48. The third-order valence-corrected chi connectivity index (χ3v) is 6.18. The molecule has 0 spiro atoms. The quantitative estimate of drug-likeness (QED) is 0.218. The number of carbonyl (C=O) groups is 2. The van der Waals surface area contributed by atoms with E-state index >= 15 is 0 Å². The SMILES string of the molecule is CCC(=O)Nc1nnc(SCc2cc(=O)c(OC(=O)C=Cc3ccc4c(c3)OCO4)co2)s1. The van der Waals surface area contributed by atoms with Gasteiger partial charge in [0, 0.05) is 18.6 Å². The molecule has 12 heteroatoms. The molecule has 33 heavy (non-hydrogen) atoms. The number of carbonyl (C=O) groups excluding carboxylic acids is 2. The van der Waals surface area contributed by atoms with Gasteiger partial charge in [0.2, 0.25) is 29.0 Å². The van der Waals surface area contributed by atoms with Crippen LogP contribution in [0.4, 0.5) is 5.13 Å². The van der Waals surface area contributed by atoms with Gasteiger partial charge in [-0.2, -0.15) is 0 Å². The Hall–Kier alpha value is -3.64. The summed E-state index contributed by atoms with van der Waals surface area (Å²) in [5, 5.41) is 10.9. The van der Waals surface area contributed by atoms with Gasteiger partial charge >= 0.3 is 5.97 Å². The standard InChI is InChI=1S/C21H17N3O7S2/c1-2-18(26)22-20-23-24-21(33-20)32-10-13-8-14(25)17(9-28-13)31-19(27)6-4-12-3-5-15-16(7-12)30-11-29-15/h3-9H,2,10-11H2,1H3,(H,22,23,26). The van der Waals surface area contributed by atoms with Gasteiger partial charge in [-0.1, -0.05) is 36.1 Å². The molecule has 170 valence electrons. The number of nitrogens with one attached hydrogen (secondary N) is 1. The zero-order valence-electron chi connectivity index (χ0n) is 17.2. The fraction of sp³-hybridized carbons (Fsp3) is 0.190. The molecule has 3 heterocycles. The summed E-state index contributed by atoms with van der Waals surface area (Å²) in [6, 6.07) is 6.48. The van der Waals surface area contributed by atoms with Gasteiger partial charge in [-0.25, -0.2) is 4.79 Å². The van der Waals surface area contributed by atoms with Gasteiger partial charge in [0.05, 0.1) is 5.75 Å². The summed E-state index contributed by atoms with van der Waals surface area (Å²) >= 11 is 2.51. The fourth-order valence-electron chi connectivity index (χ4n) is 2.57. The lowest BCUT2D eigenvalue weighted by molar-refractivity contribution is -0.129. The Bertz CT molecular complexity index is 1270. The first-order valence-corrected chi connectivity index (χ1v) is 11.5. The first-order valence-electron chi connectivity index (χ1n) is 9.67. The summed E-state index contributed by atoms with van der Waals surface area (Å²) in [5.74, 6) is 0.821. The molecule has 1 aliphatic heterocycles. The van der Waals surface area contributed by atoms with Crippen LogP contribution in [-0.2, 0) is 15.3 Å². The topological polar surface area (TPSA) is 130 Å². The molecule has 3 aromatic rings. The van der Waals surface area contributed by atoms with Crippen LogP contribution in [0.5, 0.6) is 17.2 Å². The monoisotopic (exact) mass is 487 g/mol. The molecular formula is C21H17N3O7S2. The molecule has 2 aromatic heterocycles. The first-order chi connectivity index (χ1) is 16.0. The van der Waals surface area contributed by atoms with Gasteiger partial charge in [-0.15, -0.1) is 10.2 Å². The summed E-state index contributed by atoms with van der Waals surface area (Å²) in [4.78, 5) is 35.7. The van der Waals surface area contributed by atoms with E-state index < -0.39 is 11.4 Å². The van der Waals surface area contributed by atoms with Crippen molar-refractivity contribution >= 4 is 46.2 Å². The van der Waals surface area contributed by atoms with Crippen molar-refractivity contribution in [1.82, 2.24) is 10.2 Å². The van der Waals surface area contributed by atoms with Crippen molar-refractivity contribution < 1.29 is 28.2 Å². The van der Waals surface area contributed by atoms with Crippen LogP contribution in [0.3, 0.4) is 0 Å². The molecule has 0 saturated heterocycles. The number of ether oxygens (including phenoxy) is 3. The van der Waals surface area contributed by atoms with Crippen molar-refractivity contribution in [3.05, 3.63) is 58.2 Å². The maximum atomic E-state index is 12.3. The summed E-state index contributed by atoms with van der Waals surface area (Å²) in [6.07, 6.45) is 4.18. The van der Waals surface area contributed by atoms with Crippen LogP contribution in [0, 0.1) is 0 Å². The summed E-state index contributed by atoms with van der Waals surface area (Å²) in [7, 11) is 0. The Balaban J connectivity index is 1.31. The summed E-state index contributed by atoms with van der Waals surface area (Å²) < 4.78 is 21.6. The molecule has 0 radical (unpaired) electrons. The van der Waals surface area contributed by atoms with Gasteiger partial charge in [0.1, 0.15) is 12.0 Å². The predicted molar refractivity (Wildman–Crippen MR) is 121 cm³/mol. The first kappa shape index (κ1) is 22.6. The Morgan fingerprint density at radius 2 is 2.09 bits per heavy atom. The van der Waals surface area contributed by atoms with E-state index in [-0.39, 0.29) is 18.4 Å². The van der Waals surface area contributed by atoms with Crippen molar-refractivity contribution in [1.29, 1.82) is 0 Å². The Labute approximate surface area is 195 Å². The second-order valence-electron chi connectivity index (χ2n) is 6.51. The number of fused-ring (bicyclic) bond motifs is 1. The molecule has 10 nitrogen and oxygen atoms in total. The number of aromatic nitrogens is 2. The zero-order chi connectivity index (χ0) is 23.2. The number of esters is 1. The minimum Gasteiger partial charge on any atom is -0.464 e. The van der Waals surface area contributed by atoms with Crippen LogP contribution < -0.4 is 25.0 Å². The minimum atomic E-state index is -0.724. The van der Waals surface area contributed by atoms with E-state index in [2.05, 4.69) is 15.5 Å². The van der Waals surface area contributed by atoms with Crippen LogP contribution in [-0.4, -0.2) is 28.9 Å². The highest BCUT2D eigenvalue weighted by Gasteiger charge is 2.13. The van der Waals surface area contributed by atoms with Crippen molar-refractivity contribution in [3.8, 4) is 17.2 Å². The van der Waals surface area contributed by atoms with E-state index in [1.54, 1.807) is 25.1 Å². The number of rotatable bonds is 8. The van der Waals surface area contributed by atoms with E-state index in [4.69, 9.17) is 18.6 Å². The van der Waals surface area contributed by atoms with Gasteiger partial charge in [0.15, 0.2) is 15.8 Å². The van der Waals surface area contributed by atoms with Crippen LogP contribution in [0.1, 0.15) is 24.7 Å². The molecule has 1 aliphatic rings. The minimum absolute atomic E-state index is 0.149. The summed E-state index contributed by atoms with van der Waals surface area (Å²) in [5.41, 5.74) is 0.222. The number of hydrogen-bond donors (Lipinski definition) is 1. The highest BCUT2D eigenvalue weighted by atomic mass is 32.2. The second-order valence-corrected chi connectivity index (χ2v) is 8.71. The van der Waals surface area contributed by atoms with E-state index in [0.29, 0.717) is 44.5 Å². The molecular weight excluding hydrogens is 470 g/mol. The van der Waals surface area contributed by atoms with Crippen molar-refractivity contribution in [2.45, 2.75) is 23.4 Å². The Morgan fingerprint density at radius 1 is 1.24 bits per heavy atom. The zero-order valence-corrected chi connectivity index (χ0v) is 18.9. The fourth-order valence-corrected chi connectivity index (χ4v) is 4.23. The maximum absolute atomic E-state index is 12.3. The van der Waals surface area contributed by atoms with Crippen LogP contribution in [0.25, 0.3) is 6.08 Å². The molecule has 0 bridgehead atoms. The van der Waals surface area contributed by atoms with Crippen molar-refractivity contribution in [2.75, 3.05) is 12.1 Å². The maximum Gasteiger partial charge on any atom is 0.336 e. The van der Waals surface area contributed by atoms with Gasteiger partial charge < -0.3 is 23.9 Å².